The van der Waals surface area contributed by atoms with Gasteiger partial charge < -0.3 is 5.73 Å². The summed E-state index contributed by atoms with van der Waals surface area (Å²) in [6.45, 7) is 2.99. The molecule has 0 amide bonds. The zero-order valence-electron chi connectivity index (χ0n) is 6.27. The predicted octanol–water partition coefficient (Wildman–Crippen LogP) is 2.08. The summed E-state index contributed by atoms with van der Waals surface area (Å²) < 4.78 is 0. The van der Waals surface area contributed by atoms with E-state index in [-0.39, 0.29) is 0 Å². The van der Waals surface area contributed by atoms with Crippen molar-refractivity contribution in [1.82, 2.24) is 0 Å². The first-order chi connectivity index (χ1) is 4.41. The molecule has 0 saturated carbocycles. The van der Waals surface area contributed by atoms with Crippen LogP contribution in [0.15, 0.2) is 12.2 Å². The molecule has 54 valence electrons. The summed E-state index contributed by atoms with van der Waals surface area (Å²) in [4.78, 5) is 0. The maximum atomic E-state index is 5.29. The highest BCUT2D eigenvalue weighted by Gasteiger charge is 1.76. The molecule has 0 aliphatic carbocycles. The minimum atomic E-state index is 0.780. The lowest BCUT2D eigenvalue weighted by Gasteiger charge is -1.87. The summed E-state index contributed by atoms with van der Waals surface area (Å²) in [7, 11) is 0. The quantitative estimate of drug-likeness (QED) is 0.444. The Kier molecular flexibility index (Phi) is 7.44. The van der Waals surface area contributed by atoms with Gasteiger partial charge in [0.1, 0.15) is 0 Å². The van der Waals surface area contributed by atoms with Crippen LogP contribution in [0.3, 0.4) is 0 Å². The van der Waals surface area contributed by atoms with Crippen molar-refractivity contribution < 1.29 is 0 Å². The number of allylic oxidation sites excluding steroid dienone is 1. The van der Waals surface area contributed by atoms with Gasteiger partial charge in [0.15, 0.2) is 0 Å². The molecule has 0 radical (unpaired) electrons. The molecule has 0 aromatic carbocycles. The van der Waals surface area contributed by atoms with Crippen molar-refractivity contribution in [3.05, 3.63) is 12.2 Å². The normalized spacial score (nSPS) is 10.9. The molecule has 0 aliphatic rings. The summed E-state index contributed by atoms with van der Waals surface area (Å²) in [5.41, 5.74) is 5.29. The molecule has 0 unspecified atom stereocenters. The SMILES string of the molecule is CCCC/C=C\CCN. The fourth-order valence-corrected chi connectivity index (χ4v) is 0.654. The molecule has 0 aromatic heterocycles. The van der Waals surface area contributed by atoms with Crippen LogP contribution in [-0.4, -0.2) is 6.54 Å². The van der Waals surface area contributed by atoms with Gasteiger partial charge in [-0.15, -0.1) is 0 Å². The summed E-state index contributed by atoms with van der Waals surface area (Å²) in [5, 5.41) is 0. The molecule has 1 nitrogen and oxygen atoms in total. The third-order valence-electron chi connectivity index (χ3n) is 1.22. The summed E-state index contributed by atoms with van der Waals surface area (Å²) in [6.07, 6.45) is 9.22. The van der Waals surface area contributed by atoms with E-state index in [1.54, 1.807) is 0 Å². The van der Waals surface area contributed by atoms with Crippen LogP contribution in [-0.2, 0) is 0 Å². The van der Waals surface area contributed by atoms with Gasteiger partial charge in [0.25, 0.3) is 0 Å². The Morgan fingerprint density at radius 1 is 1.22 bits per heavy atom. The van der Waals surface area contributed by atoms with Crippen LogP contribution in [0.25, 0.3) is 0 Å². The molecule has 0 saturated heterocycles. The van der Waals surface area contributed by atoms with Crippen LogP contribution >= 0.6 is 0 Å². The van der Waals surface area contributed by atoms with E-state index in [2.05, 4.69) is 19.1 Å². The van der Waals surface area contributed by atoms with E-state index in [1.165, 1.54) is 19.3 Å². The maximum Gasteiger partial charge on any atom is -0.00426 e. The second kappa shape index (κ2) is 7.70. The zero-order valence-corrected chi connectivity index (χ0v) is 6.27. The Hall–Kier alpha value is -0.300. The van der Waals surface area contributed by atoms with Gasteiger partial charge in [-0.2, -0.15) is 0 Å². The van der Waals surface area contributed by atoms with Crippen LogP contribution < -0.4 is 5.73 Å². The topological polar surface area (TPSA) is 26.0 Å². The fraction of sp³-hybridized carbons (Fsp3) is 0.750. The third-order valence-corrected chi connectivity index (χ3v) is 1.22. The van der Waals surface area contributed by atoms with Gasteiger partial charge in [0.2, 0.25) is 0 Å². The summed E-state index contributed by atoms with van der Waals surface area (Å²) in [6, 6.07) is 0. The maximum absolute atomic E-state index is 5.29. The molecular formula is C8H17N. The number of hydrogen-bond donors (Lipinski definition) is 1. The van der Waals surface area contributed by atoms with Crippen molar-refractivity contribution in [3.63, 3.8) is 0 Å². The lowest BCUT2D eigenvalue weighted by molar-refractivity contribution is 0.811. The molecule has 0 bridgehead atoms. The molecular weight excluding hydrogens is 110 g/mol. The minimum Gasteiger partial charge on any atom is -0.330 e. The second-order valence-corrected chi connectivity index (χ2v) is 2.19. The number of rotatable bonds is 5. The Morgan fingerprint density at radius 3 is 2.44 bits per heavy atom. The van der Waals surface area contributed by atoms with Crippen LogP contribution in [0.4, 0.5) is 0 Å². The average molecular weight is 127 g/mol. The van der Waals surface area contributed by atoms with E-state index in [0.717, 1.165) is 13.0 Å². The Balaban J connectivity index is 2.86. The van der Waals surface area contributed by atoms with E-state index in [0.29, 0.717) is 0 Å². The first-order valence-corrected chi connectivity index (χ1v) is 3.77. The van der Waals surface area contributed by atoms with Crippen molar-refractivity contribution in [2.24, 2.45) is 5.73 Å². The van der Waals surface area contributed by atoms with Gasteiger partial charge in [0, 0.05) is 0 Å². The molecule has 0 heterocycles. The zero-order chi connectivity index (χ0) is 6.95. The van der Waals surface area contributed by atoms with Gasteiger partial charge in [-0.3, -0.25) is 0 Å². The fourth-order valence-electron chi connectivity index (χ4n) is 0.654. The Labute approximate surface area is 57.9 Å². The molecule has 0 aliphatic heterocycles. The molecule has 2 N–H and O–H groups in total. The van der Waals surface area contributed by atoms with Gasteiger partial charge in [-0.1, -0.05) is 31.9 Å². The predicted molar refractivity (Wildman–Crippen MR) is 42.3 cm³/mol. The summed E-state index contributed by atoms with van der Waals surface area (Å²) in [5.74, 6) is 0. The van der Waals surface area contributed by atoms with E-state index < -0.39 is 0 Å². The van der Waals surface area contributed by atoms with E-state index in [4.69, 9.17) is 5.73 Å². The molecule has 9 heavy (non-hydrogen) atoms. The first kappa shape index (κ1) is 8.70. The number of nitrogens with two attached hydrogens (primary N) is 1. The van der Waals surface area contributed by atoms with E-state index in [9.17, 15) is 0 Å². The molecule has 0 atom stereocenters. The van der Waals surface area contributed by atoms with Crippen molar-refractivity contribution in [3.8, 4) is 0 Å². The Morgan fingerprint density at radius 2 is 1.89 bits per heavy atom. The highest BCUT2D eigenvalue weighted by atomic mass is 14.5. The largest absolute Gasteiger partial charge is 0.330 e. The van der Waals surface area contributed by atoms with E-state index in [1.807, 2.05) is 0 Å². The molecule has 1 heteroatoms. The van der Waals surface area contributed by atoms with Gasteiger partial charge in [0.05, 0.1) is 0 Å². The average Bonchev–Trinajstić information content (AvgIpc) is 1.89. The van der Waals surface area contributed by atoms with Gasteiger partial charge >= 0.3 is 0 Å². The second-order valence-electron chi connectivity index (χ2n) is 2.19. The van der Waals surface area contributed by atoms with Crippen LogP contribution in [0.2, 0.25) is 0 Å². The van der Waals surface area contributed by atoms with Crippen molar-refractivity contribution in [2.45, 2.75) is 32.6 Å². The lowest BCUT2D eigenvalue weighted by Crippen LogP contribution is -1.94. The van der Waals surface area contributed by atoms with Gasteiger partial charge in [-0.05, 0) is 19.4 Å². The monoisotopic (exact) mass is 127 g/mol. The summed E-state index contributed by atoms with van der Waals surface area (Å²) >= 11 is 0. The molecule has 0 fully saturated rings. The van der Waals surface area contributed by atoms with Crippen molar-refractivity contribution in [1.29, 1.82) is 0 Å². The van der Waals surface area contributed by atoms with Crippen molar-refractivity contribution in [2.75, 3.05) is 6.54 Å². The van der Waals surface area contributed by atoms with Crippen LogP contribution in [0.5, 0.6) is 0 Å². The number of unbranched alkanes of at least 4 members (excludes halogenated alkanes) is 2. The number of hydrogen-bond acceptors (Lipinski definition) is 1. The highest BCUT2D eigenvalue weighted by Crippen LogP contribution is 1.94. The van der Waals surface area contributed by atoms with Crippen LogP contribution in [0.1, 0.15) is 32.6 Å². The van der Waals surface area contributed by atoms with Crippen molar-refractivity contribution >= 4 is 0 Å². The Bertz CT molecular complexity index is 67.0. The molecule has 0 rings (SSSR count). The van der Waals surface area contributed by atoms with Gasteiger partial charge in [-0.25, -0.2) is 0 Å². The molecule has 0 aromatic rings. The third kappa shape index (κ3) is 7.70. The smallest absolute Gasteiger partial charge is 0.00426 e. The minimum absolute atomic E-state index is 0.780. The molecule has 0 spiro atoms. The standard InChI is InChI=1S/C8H17N/c1-2-3-4-5-6-7-8-9/h5-6H,2-4,7-9H2,1H3/b6-5-. The highest BCUT2D eigenvalue weighted by molar-refractivity contribution is 4.81. The lowest BCUT2D eigenvalue weighted by atomic mass is 10.2. The van der Waals surface area contributed by atoms with Crippen LogP contribution in [0, 0.1) is 0 Å². The first-order valence-electron chi connectivity index (χ1n) is 3.77. The van der Waals surface area contributed by atoms with E-state index >= 15 is 0 Å².